The van der Waals surface area contributed by atoms with Crippen molar-refractivity contribution in [3.8, 4) is 5.75 Å². The van der Waals surface area contributed by atoms with Crippen LogP contribution in [-0.4, -0.2) is 54.0 Å². The van der Waals surface area contributed by atoms with E-state index in [2.05, 4.69) is 17.6 Å². The van der Waals surface area contributed by atoms with E-state index in [0.717, 1.165) is 43.2 Å². The third-order valence-corrected chi connectivity index (χ3v) is 7.19. The number of nitrogens with two attached hydrogens (primary N) is 1. The minimum Gasteiger partial charge on any atom is -0.497 e. The van der Waals surface area contributed by atoms with E-state index in [1.807, 2.05) is 32.0 Å². The van der Waals surface area contributed by atoms with Gasteiger partial charge < -0.3 is 30.7 Å². The monoisotopic (exact) mass is 610 g/mol. The van der Waals surface area contributed by atoms with E-state index in [-0.39, 0.29) is 6.54 Å². The number of carbonyl (C=O) groups excluding carboxylic acids is 4. The van der Waals surface area contributed by atoms with Gasteiger partial charge in [-0.3, -0.25) is 14.4 Å². The van der Waals surface area contributed by atoms with E-state index >= 15 is 0 Å². The van der Waals surface area contributed by atoms with Gasteiger partial charge in [0.1, 0.15) is 23.4 Å². The van der Waals surface area contributed by atoms with Gasteiger partial charge in [0.15, 0.2) is 0 Å². The van der Waals surface area contributed by atoms with E-state index in [1.165, 1.54) is 4.90 Å². The molecule has 2 atom stereocenters. The number of ether oxygens (including phenoxy) is 2. The van der Waals surface area contributed by atoms with Gasteiger partial charge in [-0.25, -0.2) is 4.79 Å². The number of carbonyl (C=O) groups is 4. The number of nitrogens with one attached hydrogen (secondary N) is 2. The fourth-order valence-corrected chi connectivity index (χ4v) is 4.77. The van der Waals surface area contributed by atoms with Gasteiger partial charge in [0, 0.05) is 12.2 Å². The molecule has 0 aliphatic carbocycles. The number of alkyl carbamates (subject to hydrolysis) is 1. The molecule has 2 rings (SSSR count). The molecule has 0 aliphatic rings. The van der Waals surface area contributed by atoms with Crippen molar-refractivity contribution in [2.45, 2.75) is 104 Å². The Morgan fingerprint density at radius 3 is 2.11 bits per heavy atom. The number of benzene rings is 2. The molecule has 44 heavy (non-hydrogen) atoms. The van der Waals surface area contributed by atoms with Gasteiger partial charge in [-0.1, -0.05) is 57.2 Å². The number of hydrogen-bond acceptors (Lipinski definition) is 6. The molecule has 4 N–H and O–H groups in total. The van der Waals surface area contributed by atoms with E-state index in [1.54, 1.807) is 52.1 Å². The Balaban J connectivity index is 2.55. The van der Waals surface area contributed by atoms with Crippen LogP contribution in [0.2, 0.25) is 0 Å². The highest BCUT2D eigenvalue weighted by Gasteiger charge is 2.37. The van der Waals surface area contributed by atoms with Crippen LogP contribution in [0, 0.1) is 13.8 Å². The second-order valence-electron chi connectivity index (χ2n) is 12.1. The van der Waals surface area contributed by atoms with Gasteiger partial charge >= 0.3 is 6.09 Å². The minimum atomic E-state index is -1.33. The third-order valence-electron chi connectivity index (χ3n) is 7.19. The maximum absolute atomic E-state index is 14.3. The van der Waals surface area contributed by atoms with Crippen LogP contribution in [0.3, 0.4) is 0 Å². The van der Waals surface area contributed by atoms with Gasteiger partial charge in [0.2, 0.25) is 11.8 Å². The third kappa shape index (κ3) is 11.9. The number of methoxy groups -OCH3 is 1. The zero-order valence-electron chi connectivity index (χ0n) is 27.3. The molecule has 0 saturated heterocycles. The molecule has 242 valence electrons. The lowest BCUT2D eigenvalue weighted by Crippen LogP contribution is -2.53. The van der Waals surface area contributed by atoms with Crippen molar-refractivity contribution in [1.82, 2.24) is 10.2 Å². The Bertz CT molecular complexity index is 1260. The molecule has 0 fully saturated rings. The average molecular weight is 611 g/mol. The molecule has 0 spiro atoms. The Hall–Kier alpha value is -4.08. The average Bonchev–Trinajstić information content (AvgIpc) is 2.94. The quantitative estimate of drug-likeness (QED) is 0.201. The minimum absolute atomic E-state index is 0.226. The van der Waals surface area contributed by atoms with Gasteiger partial charge in [-0.2, -0.15) is 0 Å². The normalized spacial score (nSPS) is 12.5. The molecule has 0 aromatic heterocycles. The van der Waals surface area contributed by atoms with Crippen molar-refractivity contribution in [3.63, 3.8) is 0 Å². The summed E-state index contributed by atoms with van der Waals surface area (Å²) >= 11 is 0. The van der Waals surface area contributed by atoms with Crippen LogP contribution in [0.5, 0.6) is 5.75 Å². The van der Waals surface area contributed by atoms with Crippen LogP contribution in [0.4, 0.5) is 10.5 Å². The smallest absolute Gasteiger partial charge is 0.408 e. The first-order valence-corrected chi connectivity index (χ1v) is 15.4. The van der Waals surface area contributed by atoms with Crippen LogP contribution >= 0.6 is 0 Å². The first kappa shape index (κ1) is 36.1. The summed E-state index contributed by atoms with van der Waals surface area (Å²) in [4.78, 5) is 54.7. The maximum atomic E-state index is 14.3. The van der Waals surface area contributed by atoms with E-state index in [4.69, 9.17) is 15.2 Å². The Morgan fingerprint density at radius 2 is 1.55 bits per heavy atom. The predicted octanol–water partition coefficient (Wildman–Crippen LogP) is 5.95. The second-order valence-corrected chi connectivity index (χ2v) is 12.1. The van der Waals surface area contributed by atoms with Crippen molar-refractivity contribution in [2.24, 2.45) is 5.73 Å². The van der Waals surface area contributed by atoms with E-state index in [9.17, 15) is 19.2 Å². The van der Waals surface area contributed by atoms with Gasteiger partial charge in [-0.15, -0.1) is 0 Å². The van der Waals surface area contributed by atoms with Gasteiger partial charge in [0.25, 0.3) is 5.91 Å². The second kappa shape index (κ2) is 17.3. The number of nitrogens with zero attached hydrogens (tertiary/aromatic N) is 1. The van der Waals surface area contributed by atoms with Crippen molar-refractivity contribution in [1.29, 1.82) is 0 Å². The van der Waals surface area contributed by atoms with Crippen molar-refractivity contribution < 1.29 is 28.7 Å². The fraction of sp³-hybridized carbons (Fsp3) is 0.529. The highest BCUT2D eigenvalue weighted by molar-refractivity contribution is 5.99. The molecule has 10 nitrogen and oxygen atoms in total. The van der Waals surface area contributed by atoms with Crippen molar-refractivity contribution >= 4 is 29.5 Å². The van der Waals surface area contributed by atoms with Crippen LogP contribution in [-0.2, 0) is 19.1 Å². The number of primary amides is 1. The fourth-order valence-electron chi connectivity index (χ4n) is 4.77. The molecule has 0 bridgehead atoms. The number of hydrogen-bond donors (Lipinski definition) is 3. The highest BCUT2D eigenvalue weighted by atomic mass is 16.6. The zero-order chi connectivity index (χ0) is 32.9. The zero-order valence-corrected chi connectivity index (χ0v) is 27.3. The summed E-state index contributed by atoms with van der Waals surface area (Å²) in [5.41, 5.74) is 7.81. The Kier molecular flexibility index (Phi) is 14.2. The van der Waals surface area contributed by atoms with E-state index < -0.39 is 47.9 Å². The number of unbranched alkanes of at least 4 members (excludes halogenated alkanes) is 5. The lowest BCUT2D eigenvalue weighted by molar-refractivity contribution is -0.142. The lowest BCUT2D eigenvalue weighted by atomic mass is 9.97. The summed E-state index contributed by atoms with van der Waals surface area (Å²) in [5.74, 6) is -1.18. The summed E-state index contributed by atoms with van der Waals surface area (Å²) in [7, 11) is 1.56. The lowest BCUT2D eigenvalue weighted by Gasteiger charge is -2.34. The Morgan fingerprint density at radius 1 is 0.909 bits per heavy atom. The molecule has 4 amide bonds. The molecule has 0 aliphatic heterocycles. The summed E-state index contributed by atoms with van der Waals surface area (Å²) in [6.45, 7) is 11.4. The molecule has 0 saturated carbocycles. The molecule has 2 unspecified atom stereocenters. The number of anilines is 1. The van der Waals surface area contributed by atoms with Crippen LogP contribution < -0.4 is 21.1 Å². The number of aryl methyl sites for hydroxylation is 2. The largest absolute Gasteiger partial charge is 0.497 e. The number of rotatable bonds is 16. The molecule has 2 aromatic carbocycles. The standard InChI is InChI=1S/C34H50N4O6/c1-8-9-10-11-12-13-20-38(32(41)28(22-29(35)39)37-33(42)44-34(4,5)6)30(25-15-14-23(2)24(3)21-25)31(40)36-26-16-18-27(43-7)19-17-26/h14-19,21,28,30H,8-13,20,22H2,1-7H3,(H2,35,39)(H,36,40)(H,37,42). The molecule has 10 heteroatoms. The Labute approximate surface area is 262 Å². The van der Waals surface area contributed by atoms with Crippen molar-refractivity contribution in [2.75, 3.05) is 19.0 Å². The summed E-state index contributed by atoms with van der Waals surface area (Å²) in [6, 6.07) is 10.1. The number of amides is 4. The molecule has 0 radical (unpaired) electrons. The highest BCUT2D eigenvalue weighted by Crippen LogP contribution is 2.28. The molecule has 2 aromatic rings. The molecular formula is C34H50N4O6. The maximum Gasteiger partial charge on any atom is 0.408 e. The van der Waals surface area contributed by atoms with E-state index in [0.29, 0.717) is 23.4 Å². The first-order valence-electron chi connectivity index (χ1n) is 15.4. The summed E-state index contributed by atoms with van der Waals surface area (Å²) < 4.78 is 10.6. The molecule has 0 heterocycles. The van der Waals surface area contributed by atoms with Crippen molar-refractivity contribution in [3.05, 3.63) is 59.2 Å². The van der Waals surface area contributed by atoms with Crippen LogP contribution in [0.25, 0.3) is 0 Å². The first-order chi connectivity index (χ1) is 20.7. The SMILES string of the molecule is CCCCCCCCN(C(=O)C(CC(N)=O)NC(=O)OC(C)(C)C)C(C(=O)Nc1ccc(OC)cc1)c1ccc(C)c(C)c1. The van der Waals surface area contributed by atoms with Crippen LogP contribution in [0.1, 0.15) is 95.4 Å². The van der Waals surface area contributed by atoms with Gasteiger partial charge in [0.05, 0.1) is 13.5 Å². The molecular weight excluding hydrogens is 560 g/mol. The summed E-state index contributed by atoms with van der Waals surface area (Å²) in [5, 5.41) is 5.47. The predicted molar refractivity (Wildman–Crippen MR) is 172 cm³/mol. The van der Waals surface area contributed by atoms with Gasteiger partial charge in [-0.05, 0) is 82.0 Å². The van der Waals surface area contributed by atoms with Crippen LogP contribution in [0.15, 0.2) is 42.5 Å². The summed E-state index contributed by atoms with van der Waals surface area (Å²) in [6.07, 6.45) is 4.46. The topological polar surface area (TPSA) is 140 Å².